The third-order valence-electron chi connectivity index (χ3n) is 6.48. The summed E-state index contributed by atoms with van der Waals surface area (Å²) in [4.78, 5) is 0. The molecule has 1 aliphatic heterocycles. The summed E-state index contributed by atoms with van der Waals surface area (Å²) in [5.41, 5.74) is 7.16. The molecule has 4 unspecified atom stereocenters. The van der Waals surface area contributed by atoms with Crippen LogP contribution in [-0.2, 0) is 4.74 Å². The molecule has 0 aromatic heterocycles. The maximum atomic E-state index is 6.73. The first-order valence-corrected chi connectivity index (χ1v) is 8.14. The van der Waals surface area contributed by atoms with E-state index in [1.807, 2.05) is 0 Å². The first-order chi connectivity index (χ1) is 8.68. The Kier molecular flexibility index (Phi) is 2.58. The molecule has 3 aliphatic carbocycles. The van der Waals surface area contributed by atoms with E-state index in [0.29, 0.717) is 11.7 Å². The lowest BCUT2D eigenvalue weighted by atomic mass is 9.77. The van der Waals surface area contributed by atoms with E-state index >= 15 is 0 Å². The van der Waals surface area contributed by atoms with E-state index in [9.17, 15) is 0 Å². The van der Waals surface area contributed by atoms with E-state index < -0.39 is 0 Å². The Morgan fingerprint density at radius 3 is 2.56 bits per heavy atom. The van der Waals surface area contributed by atoms with Gasteiger partial charge in [-0.3, -0.25) is 0 Å². The van der Waals surface area contributed by atoms with Gasteiger partial charge in [-0.1, -0.05) is 19.3 Å². The molecule has 2 nitrogen and oxygen atoms in total. The van der Waals surface area contributed by atoms with Crippen molar-refractivity contribution in [1.82, 2.24) is 0 Å². The predicted molar refractivity (Wildman–Crippen MR) is 72.3 cm³/mol. The van der Waals surface area contributed by atoms with Crippen LogP contribution in [0.5, 0.6) is 0 Å². The summed E-state index contributed by atoms with van der Waals surface area (Å²) >= 11 is 0. The molecule has 2 bridgehead atoms. The molecule has 3 saturated carbocycles. The summed E-state index contributed by atoms with van der Waals surface area (Å²) in [5.74, 6) is 1.76. The van der Waals surface area contributed by atoms with Gasteiger partial charge >= 0.3 is 0 Å². The lowest BCUT2D eigenvalue weighted by molar-refractivity contribution is -0.0494. The fraction of sp³-hybridized carbons (Fsp3) is 1.00. The molecule has 1 saturated heterocycles. The van der Waals surface area contributed by atoms with Gasteiger partial charge in [0, 0.05) is 5.54 Å². The summed E-state index contributed by atoms with van der Waals surface area (Å²) in [5, 5.41) is 0. The van der Waals surface area contributed by atoms with Crippen molar-refractivity contribution >= 4 is 0 Å². The normalized spacial score (nSPS) is 49.5. The minimum atomic E-state index is 0.137. The Balaban J connectivity index is 1.41. The molecule has 2 heteroatoms. The van der Waals surface area contributed by atoms with Crippen molar-refractivity contribution in [2.24, 2.45) is 17.6 Å². The zero-order valence-corrected chi connectivity index (χ0v) is 11.5. The molecule has 2 N–H and O–H groups in total. The number of rotatable bonds is 2. The molecule has 4 fully saturated rings. The average molecular weight is 249 g/mol. The maximum Gasteiger partial charge on any atom is 0.0687 e. The average Bonchev–Trinajstić information content (AvgIpc) is 3.05. The molecule has 102 valence electrons. The second-order valence-electron chi connectivity index (χ2n) is 7.69. The number of hydrogen-bond donors (Lipinski definition) is 1. The van der Waals surface area contributed by atoms with Crippen LogP contribution >= 0.6 is 0 Å². The van der Waals surface area contributed by atoms with Gasteiger partial charge < -0.3 is 10.5 Å². The van der Waals surface area contributed by atoms with E-state index in [1.54, 1.807) is 0 Å². The molecule has 1 heterocycles. The Bertz CT molecular complexity index is 336. The van der Waals surface area contributed by atoms with Crippen LogP contribution in [0.25, 0.3) is 0 Å². The van der Waals surface area contributed by atoms with Gasteiger partial charge in [0.1, 0.15) is 0 Å². The standard InChI is InChI=1S/C16H27NO/c17-16(10-12-3-4-13(16)9-12)11-14-5-8-15(18-14)6-1-2-7-15/h12-14H,1-11,17H2. The van der Waals surface area contributed by atoms with Crippen molar-refractivity contribution in [3.05, 3.63) is 0 Å². The van der Waals surface area contributed by atoms with Crippen LogP contribution in [0.2, 0.25) is 0 Å². The Hall–Kier alpha value is -0.0800. The SMILES string of the molecule is NC1(CC2CCC3(CCCC3)O2)CC2CCC1C2. The molecular formula is C16H27NO. The molecule has 4 rings (SSSR count). The lowest BCUT2D eigenvalue weighted by Gasteiger charge is -2.36. The third-order valence-corrected chi connectivity index (χ3v) is 6.48. The predicted octanol–water partition coefficient (Wildman–Crippen LogP) is 3.39. The van der Waals surface area contributed by atoms with E-state index in [1.165, 1.54) is 64.2 Å². The Morgan fingerprint density at radius 1 is 1.06 bits per heavy atom. The molecule has 18 heavy (non-hydrogen) atoms. The van der Waals surface area contributed by atoms with Crippen molar-refractivity contribution in [1.29, 1.82) is 0 Å². The van der Waals surface area contributed by atoms with Crippen LogP contribution in [0.15, 0.2) is 0 Å². The highest BCUT2D eigenvalue weighted by molar-refractivity contribution is 5.06. The first-order valence-electron chi connectivity index (χ1n) is 8.14. The summed E-state index contributed by atoms with van der Waals surface area (Å²) in [6.07, 6.45) is 15.1. The van der Waals surface area contributed by atoms with Crippen molar-refractivity contribution in [3.8, 4) is 0 Å². The highest BCUT2D eigenvalue weighted by atomic mass is 16.5. The zero-order chi connectivity index (χ0) is 12.2. The lowest BCUT2D eigenvalue weighted by Crippen LogP contribution is -2.47. The summed E-state index contributed by atoms with van der Waals surface area (Å²) < 4.78 is 6.46. The molecule has 4 atom stereocenters. The molecule has 0 radical (unpaired) electrons. The molecule has 1 spiro atoms. The maximum absolute atomic E-state index is 6.73. The molecule has 0 aromatic carbocycles. The highest BCUT2D eigenvalue weighted by Gasteiger charge is 2.51. The van der Waals surface area contributed by atoms with Crippen molar-refractivity contribution < 1.29 is 4.74 Å². The topological polar surface area (TPSA) is 35.2 Å². The number of hydrogen-bond acceptors (Lipinski definition) is 2. The summed E-state index contributed by atoms with van der Waals surface area (Å²) in [6.45, 7) is 0. The van der Waals surface area contributed by atoms with Gasteiger partial charge in [0.05, 0.1) is 11.7 Å². The van der Waals surface area contributed by atoms with Crippen molar-refractivity contribution in [3.63, 3.8) is 0 Å². The van der Waals surface area contributed by atoms with Crippen LogP contribution in [0.4, 0.5) is 0 Å². The van der Waals surface area contributed by atoms with Gasteiger partial charge in [0.15, 0.2) is 0 Å². The van der Waals surface area contributed by atoms with Gasteiger partial charge in [-0.15, -0.1) is 0 Å². The minimum Gasteiger partial charge on any atom is -0.372 e. The monoisotopic (exact) mass is 249 g/mol. The minimum absolute atomic E-state index is 0.137. The van der Waals surface area contributed by atoms with Gasteiger partial charge in [-0.25, -0.2) is 0 Å². The summed E-state index contributed by atoms with van der Waals surface area (Å²) in [6, 6.07) is 0. The Morgan fingerprint density at radius 2 is 1.89 bits per heavy atom. The van der Waals surface area contributed by atoms with Crippen LogP contribution in [0.3, 0.4) is 0 Å². The smallest absolute Gasteiger partial charge is 0.0687 e. The van der Waals surface area contributed by atoms with Gasteiger partial charge in [0.25, 0.3) is 0 Å². The van der Waals surface area contributed by atoms with E-state index in [2.05, 4.69) is 0 Å². The molecular weight excluding hydrogens is 222 g/mol. The number of fused-ring (bicyclic) bond motifs is 2. The zero-order valence-electron chi connectivity index (χ0n) is 11.5. The molecule has 4 aliphatic rings. The number of nitrogens with two attached hydrogens (primary N) is 1. The van der Waals surface area contributed by atoms with E-state index in [-0.39, 0.29) is 5.54 Å². The molecule has 0 aromatic rings. The number of ether oxygens (including phenoxy) is 1. The van der Waals surface area contributed by atoms with Crippen molar-refractivity contribution in [2.45, 2.75) is 87.9 Å². The summed E-state index contributed by atoms with van der Waals surface area (Å²) in [7, 11) is 0. The second-order valence-corrected chi connectivity index (χ2v) is 7.69. The Labute approximate surface area is 111 Å². The van der Waals surface area contributed by atoms with E-state index in [4.69, 9.17) is 10.5 Å². The largest absolute Gasteiger partial charge is 0.372 e. The van der Waals surface area contributed by atoms with Gasteiger partial charge in [-0.2, -0.15) is 0 Å². The van der Waals surface area contributed by atoms with Crippen LogP contribution in [0, 0.1) is 11.8 Å². The van der Waals surface area contributed by atoms with Gasteiger partial charge in [-0.05, 0) is 63.2 Å². The van der Waals surface area contributed by atoms with Gasteiger partial charge in [0.2, 0.25) is 0 Å². The van der Waals surface area contributed by atoms with E-state index in [0.717, 1.165) is 18.3 Å². The highest BCUT2D eigenvalue weighted by Crippen LogP contribution is 2.53. The fourth-order valence-corrected chi connectivity index (χ4v) is 5.59. The van der Waals surface area contributed by atoms with Crippen molar-refractivity contribution in [2.75, 3.05) is 0 Å². The first kappa shape index (κ1) is 11.7. The van der Waals surface area contributed by atoms with Crippen LogP contribution in [0.1, 0.15) is 70.6 Å². The molecule has 0 amide bonds. The second kappa shape index (κ2) is 3.96. The van der Waals surface area contributed by atoms with Crippen LogP contribution < -0.4 is 5.73 Å². The van der Waals surface area contributed by atoms with Crippen LogP contribution in [-0.4, -0.2) is 17.2 Å². The quantitative estimate of drug-likeness (QED) is 0.814. The third kappa shape index (κ3) is 1.76. The fourth-order valence-electron chi connectivity index (χ4n) is 5.59.